The first kappa shape index (κ1) is 16.1. The van der Waals surface area contributed by atoms with E-state index in [1.54, 1.807) is 26.0 Å². The van der Waals surface area contributed by atoms with Crippen molar-refractivity contribution in [1.29, 1.82) is 0 Å². The van der Waals surface area contributed by atoms with E-state index in [4.69, 9.17) is 0 Å². The van der Waals surface area contributed by atoms with Crippen molar-refractivity contribution in [3.63, 3.8) is 0 Å². The lowest BCUT2D eigenvalue weighted by atomic mass is 9.95. The van der Waals surface area contributed by atoms with Gasteiger partial charge >= 0.3 is 0 Å². The summed E-state index contributed by atoms with van der Waals surface area (Å²) in [4.78, 5) is 0. The van der Waals surface area contributed by atoms with E-state index in [1.807, 2.05) is 19.1 Å². The topological polar surface area (TPSA) is 12.0 Å². The lowest BCUT2D eigenvalue weighted by molar-refractivity contribution is 0.595. The molecule has 0 radical (unpaired) electrons. The molecule has 0 aromatic heterocycles. The second-order valence-electron chi connectivity index (χ2n) is 5.13. The van der Waals surface area contributed by atoms with Crippen LogP contribution in [0.15, 0.2) is 34.8 Å². The molecule has 0 spiro atoms. The predicted molar refractivity (Wildman–Crippen MR) is 85.5 cm³/mol. The van der Waals surface area contributed by atoms with E-state index in [2.05, 4.69) is 21.2 Å². The van der Waals surface area contributed by atoms with E-state index in [-0.39, 0.29) is 17.7 Å². The fourth-order valence-electron chi connectivity index (χ4n) is 2.47. The zero-order chi connectivity index (χ0) is 15.6. The predicted octanol–water partition coefficient (Wildman–Crippen LogP) is 5.04. The Kier molecular flexibility index (Phi) is 5.12. The van der Waals surface area contributed by atoms with Crippen LogP contribution in [0.25, 0.3) is 0 Å². The van der Waals surface area contributed by atoms with Crippen LogP contribution >= 0.6 is 15.9 Å². The lowest BCUT2D eigenvalue weighted by Crippen LogP contribution is -2.22. The van der Waals surface area contributed by atoms with Gasteiger partial charge in [-0.1, -0.05) is 25.1 Å². The Morgan fingerprint density at radius 2 is 1.67 bits per heavy atom. The zero-order valence-electron chi connectivity index (χ0n) is 12.3. The summed E-state index contributed by atoms with van der Waals surface area (Å²) >= 11 is 3.22. The normalized spacial score (nSPS) is 12.5. The van der Waals surface area contributed by atoms with E-state index in [1.165, 1.54) is 6.07 Å². The largest absolute Gasteiger partial charge is 0.307 e. The number of nitrogens with one attached hydrogen (secondary N) is 1. The third-order valence-corrected chi connectivity index (χ3v) is 4.09. The number of benzene rings is 2. The molecule has 1 N–H and O–H groups in total. The average molecular weight is 354 g/mol. The molecule has 2 aromatic carbocycles. The van der Waals surface area contributed by atoms with Gasteiger partial charge in [0.05, 0.1) is 10.5 Å². The zero-order valence-corrected chi connectivity index (χ0v) is 13.9. The second kappa shape index (κ2) is 6.67. The highest BCUT2D eigenvalue weighted by atomic mass is 79.9. The van der Waals surface area contributed by atoms with Crippen LogP contribution in [0.4, 0.5) is 8.78 Å². The van der Waals surface area contributed by atoms with Gasteiger partial charge in [0.2, 0.25) is 0 Å². The molecule has 112 valence electrons. The number of halogens is 3. The quantitative estimate of drug-likeness (QED) is 0.811. The van der Waals surface area contributed by atoms with Crippen molar-refractivity contribution in [3.8, 4) is 0 Å². The Morgan fingerprint density at radius 3 is 2.19 bits per heavy atom. The van der Waals surface area contributed by atoms with Crippen molar-refractivity contribution < 1.29 is 8.78 Å². The number of hydrogen-bond donors (Lipinski definition) is 1. The minimum atomic E-state index is -0.291. The molecule has 2 rings (SSSR count). The lowest BCUT2D eigenvalue weighted by Gasteiger charge is -2.21. The smallest absolute Gasteiger partial charge is 0.137 e. The van der Waals surface area contributed by atoms with Gasteiger partial charge < -0.3 is 5.32 Å². The Bertz CT molecular complexity index is 632. The summed E-state index contributed by atoms with van der Waals surface area (Å²) in [5.74, 6) is -0.463. The van der Waals surface area contributed by atoms with Gasteiger partial charge in [-0.3, -0.25) is 0 Å². The van der Waals surface area contributed by atoms with E-state index in [9.17, 15) is 8.78 Å². The molecule has 1 nitrogen and oxygen atoms in total. The van der Waals surface area contributed by atoms with Crippen molar-refractivity contribution >= 4 is 15.9 Å². The molecule has 0 aliphatic heterocycles. The fraction of sp³-hybridized carbons (Fsp3) is 0.294. The van der Waals surface area contributed by atoms with Crippen LogP contribution in [-0.2, 0) is 0 Å². The molecule has 1 unspecified atom stereocenters. The van der Waals surface area contributed by atoms with Crippen LogP contribution in [0.5, 0.6) is 0 Å². The van der Waals surface area contributed by atoms with Crippen LogP contribution in [0.2, 0.25) is 0 Å². The van der Waals surface area contributed by atoms with Gasteiger partial charge in [0, 0.05) is 0 Å². The van der Waals surface area contributed by atoms with Gasteiger partial charge in [-0.25, -0.2) is 8.78 Å². The summed E-state index contributed by atoms with van der Waals surface area (Å²) in [6, 6.07) is 8.54. The summed E-state index contributed by atoms with van der Waals surface area (Å²) in [6.07, 6.45) is 0. The molecule has 0 bridgehead atoms. The standard InChI is InChI=1S/C17H18BrF2N/c1-4-21-17(12-5-6-15(19)14(18)9-12)13-7-10(2)16(20)11(3)8-13/h5-9,17,21H,4H2,1-3H3. The Hall–Kier alpha value is -1.26. The minimum Gasteiger partial charge on any atom is -0.307 e. The first-order chi connectivity index (χ1) is 9.93. The van der Waals surface area contributed by atoms with Crippen LogP contribution in [0, 0.1) is 25.5 Å². The molecule has 1 atom stereocenters. The minimum absolute atomic E-state index is 0.0927. The molecule has 2 aromatic rings. The monoisotopic (exact) mass is 353 g/mol. The Balaban J connectivity index is 2.50. The third kappa shape index (κ3) is 3.50. The maximum Gasteiger partial charge on any atom is 0.137 e. The SMILES string of the molecule is CCNC(c1cc(C)c(F)c(C)c1)c1ccc(F)c(Br)c1. The van der Waals surface area contributed by atoms with E-state index in [0.29, 0.717) is 15.6 Å². The molecule has 0 aliphatic rings. The summed E-state index contributed by atoms with van der Waals surface area (Å²) in [6.45, 7) is 6.29. The molecule has 0 heterocycles. The molecular formula is C17H18BrF2N. The van der Waals surface area contributed by atoms with Crippen molar-refractivity contribution in [2.24, 2.45) is 0 Å². The van der Waals surface area contributed by atoms with Gasteiger partial charge in [0.25, 0.3) is 0 Å². The first-order valence-electron chi connectivity index (χ1n) is 6.89. The maximum atomic E-state index is 13.8. The van der Waals surface area contributed by atoms with Crippen molar-refractivity contribution in [2.45, 2.75) is 26.8 Å². The molecule has 0 saturated carbocycles. The second-order valence-corrected chi connectivity index (χ2v) is 5.99. The van der Waals surface area contributed by atoms with Gasteiger partial charge in [-0.2, -0.15) is 0 Å². The highest BCUT2D eigenvalue weighted by molar-refractivity contribution is 9.10. The molecular weight excluding hydrogens is 336 g/mol. The van der Waals surface area contributed by atoms with Gasteiger partial charge in [-0.05, 0) is 70.7 Å². The van der Waals surface area contributed by atoms with Crippen LogP contribution < -0.4 is 5.32 Å². The van der Waals surface area contributed by atoms with Crippen LogP contribution in [0.1, 0.15) is 35.2 Å². The molecule has 0 aliphatic carbocycles. The molecule has 21 heavy (non-hydrogen) atoms. The average Bonchev–Trinajstić information content (AvgIpc) is 2.45. The Morgan fingerprint density at radius 1 is 1.05 bits per heavy atom. The van der Waals surface area contributed by atoms with Gasteiger partial charge in [0.1, 0.15) is 11.6 Å². The first-order valence-corrected chi connectivity index (χ1v) is 7.68. The molecule has 0 fully saturated rings. The molecule has 0 amide bonds. The van der Waals surface area contributed by atoms with Crippen LogP contribution in [0.3, 0.4) is 0 Å². The fourth-order valence-corrected chi connectivity index (χ4v) is 2.87. The number of aryl methyl sites for hydroxylation is 2. The van der Waals surface area contributed by atoms with Gasteiger partial charge in [-0.15, -0.1) is 0 Å². The number of rotatable bonds is 4. The molecule has 4 heteroatoms. The van der Waals surface area contributed by atoms with Crippen molar-refractivity contribution in [3.05, 3.63) is 68.7 Å². The van der Waals surface area contributed by atoms with E-state index < -0.39 is 0 Å². The van der Waals surface area contributed by atoms with Crippen molar-refractivity contribution in [1.82, 2.24) is 5.32 Å². The summed E-state index contributed by atoms with van der Waals surface area (Å²) in [5.41, 5.74) is 3.16. The number of hydrogen-bond acceptors (Lipinski definition) is 1. The summed E-state index contributed by atoms with van der Waals surface area (Å²) in [7, 11) is 0. The van der Waals surface area contributed by atoms with Gasteiger partial charge in [0.15, 0.2) is 0 Å². The Labute approximate surface area is 132 Å². The maximum absolute atomic E-state index is 13.8. The molecule has 0 saturated heterocycles. The third-order valence-electron chi connectivity index (χ3n) is 3.48. The van der Waals surface area contributed by atoms with Crippen LogP contribution in [-0.4, -0.2) is 6.54 Å². The highest BCUT2D eigenvalue weighted by Crippen LogP contribution is 2.28. The van der Waals surface area contributed by atoms with E-state index in [0.717, 1.165) is 17.7 Å². The summed E-state index contributed by atoms with van der Waals surface area (Å²) < 4.78 is 27.6. The highest BCUT2D eigenvalue weighted by Gasteiger charge is 2.16. The summed E-state index contributed by atoms with van der Waals surface area (Å²) in [5, 5.41) is 3.37. The van der Waals surface area contributed by atoms with Crippen molar-refractivity contribution in [2.75, 3.05) is 6.54 Å². The van der Waals surface area contributed by atoms with E-state index >= 15 is 0 Å².